The molecule has 1 amide bonds. The molecule has 2 heterocycles. The van der Waals surface area contributed by atoms with E-state index in [4.69, 9.17) is 4.74 Å². The van der Waals surface area contributed by atoms with Crippen LogP contribution in [0.5, 0.6) is 5.75 Å². The van der Waals surface area contributed by atoms with Crippen LogP contribution in [0.4, 0.5) is 5.82 Å². The molecule has 1 aromatic rings. The molecule has 1 aliphatic rings. The zero-order chi connectivity index (χ0) is 12.6. The van der Waals surface area contributed by atoms with E-state index in [9.17, 15) is 4.79 Å². The molecular formula is C13H18N2O2. The Kier molecular flexibility index (Phi) is 2.81. The molecule has 0 radical (unpaired) electrons. The summed E-state index contributed by atoms with van der Waals surface area (Å²) in [7, 11) is 1.75. The fourth-order valence-corrected chi connectivity index (χ4v) is 1.95. The number of ether oxygens (including phenoxy) is 1. The van der Waals surface area contributed by atoms with Crippen molar-refractivity contribution in [1.29, 1.82) is 0 Å². The van der Waals surface area contributed by atoms with Gasteiger partial charge in [0.15, 0.2) is 11.6 Å². The maximum absolute atomic E-state index is 12.4. The van der Waals surface area contributed by atoms with Gasteiger partial charge >= 0.3 is 0 Å². The van der Waals surface area contributed by atoms with Crippen LogP contribution in [0.3, 0.4) is 0 Å². The summed E-state index contributed by atoms with van der Waals surface area (Å²) < 4.78 is 5.70. The van der Waals surface area contributed by atoms with E-state index in [0.29, 0.717) is 18.2 Å². The van der Waals surface area contributed by atoms with Gasteiger partial charge in [-0.2, -0.15) is 0 Å². The lowest BCUT2D eigenvalue weighted by molar-refractivity contribution is -0.126. The number of carbonyl (C=O) groups is 1. The highest BCUT2D eigenvalue weighted by molar-refractivity contribution is 5.96. The molecule has 1 atom stereocenters. The molecule has 0 aliphatic carbocycles. The van der Waals surface area contributed by atoms with Crippen LogP contribution < -0.4 is 9.64 Å². The van der Waals surface area contributed by atoms with E-state index in [1.54, 1.807) is 18.1 Å². The topological polar surface area (TPSA) is 42.4 Å². The van der Waals surface area contributed by atoms with Crippen molar-refractivity contribution in [2.45, 2.75) is 20.8 Å². The molecule has 2 rings (SSSR count). The monoisotopic (exact) mass is 234 g/mol. The number of amides is 1. The van der Waals surface area contributed by atoms with E-state index in [1.165, 1.54) is 0 Å². The van der Waals surface area contributed by atoms with Gasteiger partial charge in [0.25, 0.3) is 0 Å². The number of aromatic nitrogens is 1. The van der Waals surface area contributed by atoms with Gasteiger partial charge in [-0.15, -0.1) is 0 Å². The van der Waals surface area contributed by atoms with E-state index >= 15 is 0 Å². The Morgan fingerprint density at radius 2 is 2.18 bits per heavy atom. The van der Waals surface area contributed by atoms with E-state index < -0.39 is 0 Å². The highest BCUT2D eigenvalue weighted by Crippen LogP contribution is 2.35. The Morgan fingerprint density at radius 3 is 2.82 bits per heavy atom. The number of fused-ring (bicyclic) bond motifs is 1. The van der Waals surface area contributed by atoms with Crippen molar-refractivity contribution < 1.29 is 9.53 Å². The number of hydrogen-bond donors (Lipinski definition) is 0. The molecule has 0 bridgehead atoms. The molecule has 1 aromatic heterocycles. The average molecular weight is 234 g/mol. The van der Waals surface area contributed by atoms with E-state index in [-0.39, 0.29) is 17.2 Å². The van der Waals surface area contributed by atoms with Gasteiger partial charge in [0.1, 0.15) is 6.61 Å². The summed E-state index contributed by atoms with van der Waals surface area (Å²) in [5.74, 6) is 1.19. The second kappa shape index (κ2) is 4.02. The lowest BCUT2D eigenvalue weighted by Crippen LogP contribution is -2.40. The zero-order valence-corrected chi connectivity index (χ0v) is 10.7. The molecule has 0 saturated heterocycles. The third-order valence-electron chi connectivity index (χ3n) is 3.15. The van der Waals surface area contributed by atoms with Gasteiger partial charge in [0, 0.05) is 13.2 Å². The molecule has 17 heavy (non-hydrogen) atoms. The number of anilines is 1. The number of carbonyl (C=O) groups excluding carboxylic acids is 1. The largest absolute Gasteiger partial charge is 0.489 e. The second-order valence-corrected chi connectivity index (χ2v) is 5.45. The Labute approximate surface area is 102 Å². The minimum atomic E-state index is -0.151. The Hall–Kier alpha value is -1.58. The van der Waals surface area contributed by atoms with E-state index in [0.717, 1.165) is 0 Å². The minimum absolute atomic E-state index is 0.0648. The third-order valence-corrected chi connectivity index (χ3v) is 3.15. The number of hydrogen-bond acceptors (Lipinski definition) is 3. The van der Waals surface area contributed by atoms with Gasteiger partial charge in [0.2, 0.25) is 5.91 Å². The van der Waals surface area contributed by atoms with Crippen molar-refractivity contribution in [1.82, 2.24) is 4.98 Å². The first-order valence-corrected chi connectivity index (χ1v) is 5.76. The SMILES string of the molecule is CN1C(=O)C(C(C)(C)C)COc2cccnc21. The summed E-state index contributed by atoms with van der Waals surface area (Å²) >= 11 is 0. The van der Waals surface area contributed by atoms with Crippen LogP contribution >= 0.6 is 0 Å². The lowest BCUT2D eigenvalue weighted by Gasteiger charge is -2.29. The first-order valence-electron chi connectivity index (χ1n) is 5.76. The van der Waals surface area contributed by atoms with Crippen LogP contribution in [-0.2, 0) is 4.79 Å². The fourth-order valence-electron chi connectivity index (χ4n) is 1.95. The van der Waals surface area contributed by atoms with Gasteiger partial charge in [0.05, 0.1) is 5.92 Å². The van der Waals surface area contributed by atoms with Gasteiger partial charge < -0.3 is 4.74 Å². The first-order chi connectivity index (χ1) is 7.91. The van der Waals surface area contributed by atoms with E-state index in [2.05, 4.69) is 25.8 Å². The van der Waals surface area contributed by atoms with Crippen LogP contribution in [-0.4, -0.2) is 24.5 Å². The summed E-state index contributed by atoms with van der Waals surface area (Å²) in [4.78, 5) is 18.2. The molecule has 0 fully saturated rings. The molecule has 4 heteroatoms. The Balaban J connectivity index is 2.39. The molecule has 0 aromatic carbocycles. The van der Waals surface area contributed by atoms with Crippen molar-refractivity contribution in [3.8, 4) is 5.75 Å². The molecule has 0 spiro atoms. The fraction of sp³-hybridized carbons (Fsp3) is 0.538. The zero-order valence-electron chi connectivity index (χ0n) is 10.7. The molecule has 1 unspecified atom stereocenters. The lowest BCUT2D eigenvalue weighted by atomic mass is 9.80. The molecular weight excluding hydrogens is 216 g/mol. The van der Waals surface area contributed by atoms with Crippen LogP contribution in [0, 0.1) is 11.3 Å². The predicted molar refractivity (Wildman–Crippen MR) is 66.1 cm³/mol. The van der Waals surface area contributed by atoms with Gasteiger partial charge in [-0.25, -0.2) is 4.98 Å². The Morgan fingerprint density at radius 1 is 1.47 bits per heavy atom. The standard InChI is InChI=1S/C13H18N2O2/c1-13(2,3)9-8-17-10-6-5-7-14-11(10)15(4)12(9)16/h5-7,9H,8H2,1-4H3. The van der Waals surface area contributed by atoms with Gasteiger partial charge in [-0.3, -0.25) is 9.69 Å². The van der Waals surface area contributed by atoms with Crippen LogP contribution in [0.15, 0.2) is 18.3 Å². The highest BCUT2D eigenvalue weighted by atomic mass is 16.5. The summed E-state index contributed by atoms with van der Waals surface area (Å²) in [5, 5.41) is 0. The molecule has 1 aliphatic heterocycles. The first kappa shape index (κ1) is 11.9. The highest BCUT2D eigenvalue weighted by Gasteiger charge is 2.37. The van der Waals surface area contributed by atoms with Crippen LogP contribution in [0.25, 0.3) is 0 Å². The van der Waals surface area contributed by atoms with Gasteiger partial charge in [-0.1, -0.05) is 20.8 Å². The van der Waals surface area contributed by atoms with Crippen LogP contribution in [0.1, 0.15) is 20.8 Å². The second-order valence-electron chi connectivity index (χ2n) is 5.45. The molecule has 4 nitrogen and oxygen atoms in total. The van der Waals surface area contributed by atoms with Crippen molar-refractivity contribution >= 4 is 11.7 Å². The number of rotatable bonds is 0. The molecule has 92 valence electrons. The van der Waals surface area contributed by atoms with Crippen molar-refractivity contribution in [3.63, 3.8) is 0 Å². The van der Waals surface area contributed by atoms with Gasteiger partial charge in [-0.05, 0) is 17.5 Å². The average Bonchev–Trinajstić information content (AvgIpc) is 2.38. The summed E-state index contributed by atoms with van der Waals surface area (Å²) in [6, 6.07) is 3.66. The van der Waals surface area contributed by atoms with Crippen molar-refractivity contribution in [3.05, 3.63) is 18.3 Å². The van der Waals surface area contributed by atoms with Crippen molar-refractivity contribution in [2.24, 2.45) is 11.3 Å². The predicted octanol–water partition coefficient (Wildman–Crippen LogP) is 2.10. The maximum atomic E-state index is 12.4. The number of nitrogens with zero attached hydrogens (tertiary/aromatic N) is 2. The minimum Gasteiger partial charge on any atom is -0.489 e. The molecule has 0 saturated carbocycles. The summed E-state index contributed by atoms with van der Waals surface area (Å²) in [6.45, 7) is 6.56. The Bertz CT molecular complexity index is 437. The summed E-state index contributed by atoms with van der Waals surface area (Å²) in [6.07, 6.45) is 1.67. The smallest absolute Gasteiger partial charge is 0.235 e. The third kappa shape index (κ3) is 2.12. The number of pyridine rings is 1. The van der Waals surface area contributed by atoms with Crippen molar-refractivity contribution in [2.75, 3.05) is 18.6 Å². The normalized spacial score (nSPS) is 20.6. The molecule has 0 N–H and O–H groups in total. The summed E-state index contributed by atoms with van der Waals surface area (Å²) in [5.41, 5.74) is -0.118. The maximum Gasteiger partial charge on any atom is 0.235 e. The quantitative estimate of drug-likeness (QED) is 0.690. The van der Waals surface area contributed by atoms with Crippen LogP contribution in [0.2, 0.25) is 0 Å². The van der Waals surface area contributed by atoms with E-state index in [1.807, 2.05) is 12.1 Å².